The quantitative estimate of drug-likeness (QED) is 0.734. The van der Waals surface area contributed by atoms with E-state index in [9.17, 15) is 4.39 Å². The normalized spacial score (nSPS) is 10.9. The van der Waals surface area contributed by atoms with Crippen LogP contribution in [0.15, 0.2) is 30.3 Å². The molecule has 0 atom stereocenters. The van der Waals surface area contributed by atoms with Crippen LogP contribution in [0.3, 0.4) is 0 Å². The molecule has 0 aliphatic heterocycles. The number of fused-ring (bicyclic) bond motifs is 1. The third kappa shape index (κ3) is 1.98. The highest BCUT2D eigenvalue weighted by molar-refractivity contribution is 7.71. The average Bonchev–Trinajstić information content (AvgIpc) is 2.74. The maximum atomic E-state index is 13.9. The molecule has 4 nitrogen and oxygen atoms in total. The molecule has 0 fully saturated rings. The second-order valence-electron chi connectivity index (χ2n) is 4.41. The molecule has 3 aromatic rings. The van der Waals surface area contributed by atoms with Crippen LogP contribution in [-0.2, 0) is 0 Å². The van der Waals surface area contributed by atoms with Gasteiger partial charge in [-0.3, -0.25) is 4.57 Å². The molecule has 2 aromatic heterocycles. The first kappa shape index (κ1) is 12.8. The molecule has 20 heavy (non-hydrogen) atoms. The number of hydrogen-bond donors (Lipinski definition) is 1. The van der Waals surface area contributed by atoms with Crippen LogP contribution < -0.4 is 4.74 Å². The van der Waals surface area contributed by atoms with Gasteiger partial charge in [0.2, 0.25) is 0 Å². The largest absolute Gasteiger partial charge is 0.494 e. The number of benzene rings is 1. The van der Waals surface area contributed by atoms with Crippen LogP contribution in [0.25, 0.3) is 16.9 Å². The Balaban J connectivity index is 2.28. The topological polar surface area (TPSA) is 42.8 Å². The summed E-state index contributed by atoms with van der Waals surface area (Å²) in [6, 6.07) is 8.50. The molecule has 3 rings (SSSR count). The maximum Gasteiger partial charge on any atom is 0.183 e. The highest BCUT2D eigenvalue weighted by Gasteiger charge is 2.11. The summed E-state index contributed by atoms with van der Waals surface area (Å²) >= 11 is 5.30. The van der Waals surface area contributed by atoms with Crippen LogP contribution in [-0.4, -0.2) is 21.6 Å². The van der Waals surface area contributed by atoms with Crippen LogP contribution in [0.2, 0.25) is 0 Å². The minimum Gasteiger partial charge on any atom is -0.494 e. The van der Waals surface area contributed by atoms with Gasteiger partial charge in [-0.05, 0) is 43.4 Å². The SMILES string of the molecule is COc1ccc(-n2c(=S)[nH]c3ccc(C)nc32)cc1F. The number of methoxy groups -OCH3 is 1. The molecule has 0 amide bonds. The number of aromatic nitrogens is 3. The van der Waals surface area contributed by atoms with E-state index < -0.39 is 5.82 Å². The van der Waals surface area contributed by atoms with Crippen molar-refractivity contribution in [1.82, 2.24) is 14.5 Å². The lowest BCUT2D eigenvalue weighted by molar-refractivity contribution is 0.386. The smallest absolute Gasteiger partial charge is 0.183 e. The lowest BCUT2D eigenvalue weighted by atomic mass is 10.3. The Kier molecular flexibility index (Phi) is 3.02. The lowest BCUT2D eigenvalue weighted by Crippen LogP contribution is -1.98. The molecule has 0 aliphatic carbocycles. The van der Waals surface area contributed by atoms with E-state index >= 15 is 0 Å². The number of aromatic amines is 1. The molecular weight excluding hydrogens is 277 g/mol. The third-order valence-electron chi connectivity index (χ3n) is 3.06. The lowest BCUT2D eigenvalue weighted by Gasteiger charge is -2.07. The zero-order chi connectivity index (χ0) is 14.3. The van der Waals surface area contributed by atoms with E-state index in [4.69, 9.17) is 17.0 Å². The van der Waals surface area contributed by atoms with Crippen molar-refractivity contribution in [1.29, 1.82) is 0 Å². The summed E-state index contributed by atoms with van der Waals surface area (Å²) in [7, 11) is 1.43. The molecule has 6 heteroatoms. The summed E-state index contributed by atoms with van der Waals surface area (Å²) in [6.45, 7) is 1.90. The number of ether oxygens (including phenoxy) is 1. The number of halogens is 1. The first-order chi connectivity index (χ1) is 9.60. The molecule has 0 radical (unpaired) electrons. The van der Waals surface area contributed by atoms with Crippen molar-refractivity contribution < 1.29 is 9.13 Å². The molecule has 0 saturated heterocycles. The zero-order valence-corrected chi connectivity index (χ0v) is 11.8. The molecule has 1 aromatic carbocycles. The molecule has 1 N–H and O–H groups in total. The molecule has 0 bridgehead atoms. The summed E-state index contributed by atoms with van der Waals surface area (Å²) in [4.78, 5) is 7.52. The predicted octanol–water partition coefficient (Wildman–Crippen LogP) is 3.54. The van der Waals surface area contributed by atoms with Crippen LogP contribution in [0.5, 0.6) is 5.75 Å². The number of imidazole rings is 1. The van der Waals surface area contributed by atoms with Crippen molar-refractivity contribution in [2.24, 2.45) is 0 Å². The first-order valence-corrected chi connectivity index (χ1v) is 6.43. The van der Waals surface area contributed by atoms with Crippen molar-refractivity contribution in [3.8, 4) is 11.4 Å². The molecule has 0 spiro atoms. The summed E-state index contributed by atoms with van der Waals surface area (Å²) in [5.41, 5.74) is 2.98. The van der Waals surface area contributed by atoms with Gasteiger partial charge in [-0.25, -0.2) is 9.37 Å². The second kappa shape index (κ2) is 4.72. The van der Waals surface area contributed by atoms with Crippen LogP contribution in [0.1, 0.15) is 5.69 Å². The Labute approximate surface area is 119 Å². The Morgan fingerprint density at radius 3 is 2.80 bits per heavy atom. The van der Waals surface area contributed by atoms with E-state index in [2.05, 4.69) is 9.97 Å². The summed E-state index contributed by atoms with van der Waals surface area (Å²) in [6.07, 6.45) is 0. The number of aryl methyl sites for hydroxylation is 1. The highest BCUT2D eigenvalue weighted by Crippen LogP contribution is 2.23. The van der Waals surface area contributed by atoms with Gasteiger partial charge >= 0.3 is 0 Å². The summed E-state index contributed by atoms with van der Waals surface area (Å²) < 4.78 is 21.0. The number of rotatable bonds is 2. The standard InChI is InChI=1S/C14H12FN3OS/c1-8-3-5-11-13(16-8)18(14(20)17-11)9-4-6-12(19-2)10(15)7-9/h3-7H,1-2H3,(H,17,20). The molecule has 0 aliphatic rings. The van der Waals surface area contributed by atoms with Crippen molar-refractivity contribution in [2.45, 2.75) is 6.92 Å². The van der Waals surface area contributed by atoms with Gasteiger partial charge in [0.25, 0.3) is 0 Å². The van der Waals surface area contributed by atoms with E-state index in [0.717, 1.165) is 11.2 Å². The van der Waals surface area contributed by atoms with Gasteiger partial charge in [-0.15, -0.1) is 0 Å². The second-order valence-corrected chi connectivity index (χ2v) is 4.79. The highest BCUT2D eigenvalue weighted by atomic mass is 32.1. The van der Waals surface area contributed by atoms with Crippen LogP contribution in [0.4, 0.5) is 4.39 Å². The number of nitrogens with one attached hydrogen (secondary N) is 1. The minimum atomic E-state index is -0.436. The zero-order valence-electron chi connectivity index (χ0n) is 11.0. The molecule has 102 valence electrons. The Bertz CT molecular complexity index is 853. The van der Waals surface area contributed by atoms with E-state index in [-0.39, 0.29) is 5.75 Å². The van der Waals surface area contributed by atoms with Crippen molar-refractivity contribution in [3.05, 3.63) is 46.6 Å². The predicted molar refractivity (Wildman–Crippen MR) is 77.5 cm³/mol. The minimum absolute atomic E-state index is 0.198. The van der Waals surface area contributed by atoms with Gasteiger partial charge in [0.05, 0.1) is 18.3 Å². The number of hydrogen-bond acceptors (Lipinski definition) is 3. The summed E-state index contributed by atoms with van der Waals surface area (Å²) in [5.74, 6) is -0.238. The van der Waals surface area contributed by atoms with Gasteiger partial charge in [-0.1, -0.05) is 0 Å². The van der Waals surface area contributed by atoms with Crippen molar-refractivity contribution >= 4 is 23.4 Å². The third-order valence-corrected chi connectivity index (χ3v) is 3.35. The Hall–Kier alpha value is -2.21. The van der Waals surface area contributed by atoms with Gasteiger partial charge in [0.15, 0.2) is 22.0 Å². The van der Waals surface area contributed by atoms with E-state index in [1.807, 2.05) is 19.1 Å². The monoisotopic (exact) mass is 289 g/mol. The molecular formula is C14H12FN3OS. The first-order valence-electron chi connectivity index (χ1n) is 6.02. The van der Waals surface area contributed by atoms with Gasteiger partial charge in [0.1, 0.15) is 0 Å². The van der Waals surface area contributed by atoms with E-state index in [0.29, 0.717) is 16.1 Å². The fraction of sp³-hybridized carbons (Fsp3) is 0.143. The van der Waals surface area contributed by atoms with Crippen molar-refractivity contribution in [2.75, 3.05) is 7.11 Å². The molecule has 0 saturated carbocycles. The fourth-order valence-electron chi connectivity index (χ4n) is 2.11. The fourth-order valence-corrected chi connectivity index (χ4v) is 2.41. The number of nitrogens with zero attached hydrogens (tertiary/aromatic N) is 2. The van der Waals surface area contributed by atoms with Crippen LogP contribution in [0, 0.1) is 17.5 Å². The van der Waals surface area contributed by atoms with E-state index in [1.54, 1.807) is 16.7 Å². The Morgan fingerprint density at radius 1 is 1.30 bits per heavy atom. The summed E-state index contributed by atoms with van der Waals surface area (Å²) in [5, 5.41) is 0. The van der Waals surface area contributed by atoms with Crippen LogP contribution >= 0.6 is 12.2 Å². The average molecular weight is 289 g/mol. The van der Waals surface area contributed by atoms with Crippen molar-refractivity contribution in [3.63, 3.8) is 0 Å². The maximum absolute atomic E-state index is 13.9. The molecule has 2 heterocycles. The van der Waals surface area contributed by atoms with E-state index in [1.165, 1.54) is 13.2 Å². The Morgan fingerprint density at radius 2 is 2.10 bits per heavy atom. The number of H-pyrrole nitrogens is 1. The van der Waals surface area contributed by atoms with Gasteiger partial charge in [-0.2, -0.15) is 0 Å². The number of pyridine rings is 1. The van der Waals surface area contributed by atoms with Gasteiger partial charge in [0, 0.05) is 11.8 Å². The van der Waals surface area contributed by atoms with Gasteiger partial charge < -0.3 is 9.72 Å². The molecule has 0 unspecified atom stereocenters.